The molecule has 0 bridgehead atoms. The Morgan fingerprint density at radius 2 is 1.62 bits per heavy atom. The Balaban J connectivity index is 1.41. The van der Waals surface area contributed by atoms with Gasteiger partial charge in [0.1, 0.15) is 12.6 Å². The lowest BCUT2D eigenvalue weighted by Gasteiger charge is -2.41. The molecule has 2 aromatic carbocycles. The molecule has 2 amide bonds. The number of rotatable bonds is 8. The number of carboxylic acids is 1. The molecule has 8 nitrogen and oxygen atoms in total. The van der Waals surface area contributed by atoms with Crippen LogP contribution in [0.25, 0.3) is 11.1 Å². The van der Waals surface area contributed by atoms with Gasteiger partial charge in [0.2, 0.25) is 5.91 Å². The number of carbonyl (C=O) groups excluding carboxylic acids is 2. The summed E-state index contributed by atoms with van der Waals surface area (Å²) in [6, 6.07) is 14.5. The van der Waals surface area contributed by atoms with Crippen LogP contribution in [0, 0.1) is 0 Å². The van der Waals surface area contributed by atoms with E-state index >= 15 is 0 Å². The first-order chi connectivity index (χ1) is 15.4. The summed E-state index contributed by atoms with van der Waals surface area (Å²) in [7, 11) is 0. The maximum Gasteiger partial charge on any atom is 0.407 e. The van der Waals surface area contributed by atoms with Crippen LogP contribution in [-0.2, 0) is 14.3 Å². The summed E-state index contributed by atoms with van der Waals surface area (Å²) in [6.07, 6.45) is 0.641. The number of ether oxygens (including phenoxy) is 1. The average Bonchev–Trinajstić information content (AvgIpc) is 3.08. The molecule has 4 rings (SSSR count). The van der Waals surface area contributed by atoms with Gasteiger partial charge in [-0.1, -0.05) is 48.5 Å². The van der Waals surface area contributed by atoms with Crippen molar-refractivity contribution >= 4 is 18.0 Å². The van der Waals surface area contributed by atoms with Crippen LogP contribution >= 0.6 is 0 Å². The molecule has 2 aliphatic rings. The molecule has 0 heterocycles. The van der Waals surface area contributed by atoms with E-state index in [-0.39, 0.29) is 19.1 Å². The van der Waals surface area contributed by atoms with Crippen LogP contribution in [-0.4, -0.2) is 53.0 Å². The Kier molecular flexibility index (Phi) is 6.14. The third kappa shape index (κ3) is 4.31. The van der Waals surface area contributed by atoms with Crippen molar-refractivity contribution in [2.45, 2.75) is 43.2 Å². The van der Waals surface area contributed by atoms with E-state index < -0.39 is 36.0 Å². The number of hydrogen-bond acceptors (Lipinski definition) is 5. The Morgan fingerprint density at radius 3 is 2.12 bits per heavy atom. The lowest BCUT2D eigenvalue weighted by molar-refractivity contribution is -0.140. The van der Waals surface area contributed by atoms with Gasteiger partial charge in [-0.2, -0.15) is 0 Å². The SMILES string of the molecule is O=C(O)CC(NC(=O)OCC1c2ccccc2-c2ccccc21)C(=O)NC1(CO)CCC1. The van der Waals surface area contributed by atoms with Gasteiger partial charge < -0.3 is 25.6 Å². The summed E-state index contributed by atoms with van der Waals surface area (Å²) < 4.78 is 5.43. The molecule has 4 N–H and O–H groups in total. The Labute approximate surface area is 185 Å². The Hall–Kier alpha value is -3.39. The average molecular weight is 438 g/mol. The highest BCUT2D eigenvalue weighted by molar-refractivity contribution is 5.89. The van der Waals surface area contributed by atoms with E-state index in [2.05, 4.69) is 10.6 Å². The minimum atomic E-state index is -1.30. The summed E-state index contributed by atoms with van der Waals surface area (Å²) in [5, 5.41) is 23.8. The maximum atomic E-state index is 12.6. The van der Waals surface area contributed by atoms with Gasteiger partial charge in [0, 0.05) is 5.92 Å². The van der Waals surface area contributed by atoms with Gasteiger partial charge in [-0.25, -0.2) is 4.79 Å². The van der Waals surface area contributed by atoms with Crippen molar-refractivity contribution in [3.63, 3.8) is 0 Å². The number of hydrogen-bond donors (Lipinski definition) is 4. The van der Waals surface area contributed by atoms with Crippen LogP contribution in [0.1, 0.15) is 42.7 Å². The quantitative estimate of drug-likeness (QED) is 0.502. The highest BCUT2D eigenvalue weighted by Gasteiger charge is 2.40. The third-order valence-electron chi connectivity index (χ3n) is 6.33. The fourth-order valence-electron chi connectivity index (χ4n) is 4.44. The van der Waals surface area contributed by atoms with Gasteiger partial charge in [-0.3, -0.25) is 9.59 Å². The normalized spacial score (nSPS) is 16.8. The molecule has 1 atom stereocenters. The topological polar surface area (TPSA) is 125 Å². The molecule has 1 unspecified atom stereocenters. The summed E-state index contributed by atoms with van der Waals surface area (Å²) in [5.41, 5.74) is 3.55. The number of aliphatic hydroxyl groups is 1. The zero-order chi connectivity index (χ0) is 22.7. The van der Waals surface area contributed by atoms with Crippen LogP contribution in [0.5, 0.6) is 0 Å². The number of amides is 2. The molecular formula is C24H26N2O6. The molecular weight excluding hydrogens is 412 g/mol. The van der Waals surface area contributed by atoms with E-state index in [4.69, 9.17) is 4.74 Å². The number of alkyl carbamates (subject to hydrolysis) is 1. The summed E-state index contributed by atoms with van der Waals surface area (Å²) in [6.45, 7) is -0.175. The highest BCUT2D eigenvalue weighted by atomic mass is 16.5. The first kappa shape index (κ1) is 21.8. The maximum absolute atomic E-state index is 12.6. The highest BCUT2D eigenvalue weighted by Crippen LogP contribution is 2.44. The molecule has 0 aliphatic heterocycles. The monoisotopic (exact) mass is 438 g/mol. The standard InChI is InChI=1S/C24H26N2O6/c27-14-24(10-5-11-24)26-22(30)20(12-21(28)29)25-23(31)32-13-19-17-8-3-1-6-15(17)16-7-2-4-9-18(16)19/h1-4,6-9,19-20,27H,5,10-14H2,(H,25,31)(H,26,30)(H,28,29). The summed E-state index contributed by atoms with van der Waals surface area (Å²) in [5.74, 6) is -2.02. The van der Waals surface area contributed by atoms with Crippen molar-refractivity contribution in [1.82, 2.24) is 10.6 Å². The van der Waals surface area contributed by atoms with Crippen LogP contribution < -0.4 is 10.6 Å². The van der Waals surface area contributed by atoms with Crippen LogP contribution in [0.4, 0.5) is 4.79 Å². The Morgan fingerprint density at radius 1 is 1.03 bits per heavy atom. The van der Waals surface area contributed by atoms with Gasteiger partial charge in [-0.15, -0.1) is 0 Å². The predicted octanol–water partition coefficient (Wildman–Crippen LogP) is 2.40. The zero-order valence-electron chi connectivity index (χ0n) is 17.5. The van der Waals surface area contributed by atoms with Gasteiger partial charge in [0.25, 0.3) is 0 Å². The molecule has 2 aromatic rings. The minimum absolute atomic E-state index is 0.0574. The number of fused-ring (bicyclic) bond motifs is 3. The van der Waals surface area contributed by atoms with E-state index in [1.54, 1.807) is 0 Å². The van der Waals surface area contributed by atoms with E-state index in [9.17, 15) is 24.6 Å². The Bertz CT molecular complexity index is 982. The second kappa shape index (κ2) is 9.00. The fraction of sp³-hybridized carbons (Fsp3) is 0.375. The second-order valence-corrected chi connectivity index (χ2v) is 8.40. The molecule has 168 valence electrons. The molecule has 0 radical (unpaired) electrons. The number of carbonyl (C=O) groups is 3. The van der Waals surface area contributed by atoms with E-state index in [0.717, 1.165) is 28.7 Å². The van der Waals surface area contributed by atoms with Crippen molar-refractivity contribution in [3.05, 3.63) is 59.7 Å². The minimum Gasteiger partial charge on any atom is -0.481 e. The lowest BCUT2D eigenvalue weighted by atomic mass is 9.77. The second-order valence-electron chi connectivity index (χ2n) is 8.40. The number of aliphatic hydroxyl groups excluding tert-OH is 1. The van der Waals surface area contributed by atoms with E-state index in [1.165, 1.54) is 0 Å². The first-order valence-corrected chi connectivity index (χ1v) is 10.7. The number of benzene rings is 2. The molecule has 1 saturated carbocycles. The number of carboxylic acid groups (broad SMARTS) is 1. The van der Waals surface area contributed by atoms with Gasteiger partial charge in [-0.05, 0) is 41.5 Å². The number of nitrogens with one attached hydrogen (secondary N) is 2. The molecule has 0 spiro atoms. The molecule has 8 heteroatoms. The van der Waals surface area contributed by atoms with Crippen LogP contribution in [0.15, 0.2) is 48.5 Å². The van der Waals surface area contributed by atoms with Crippen molar-refractivity contribution in [2.75, 3.05) is 13.2 Å². The molecule has 0 aromatic heterocycles. The van der Waals surface area contributed by atoms with Crippen LogP contribution in [0.3, 0.4) is 0 Å². The van der Waals surface area contributed by atoms with Gasteiger partial charge in [0.15, 0.2) is 0 Å². The summed E-state index contributed by atoms with van der Waals surface area (Å²) >= 11 is 0. The summed E-state index contributed by atoms with van der Waals surface area (Å²) in [4.78, 5) is 36.3. The van der Waals surface area contributed by atoms with Crippen molar-refractivity contribution < 1.29 is 29.3 Å². The van der Waals surface area contributed by atoms with Gasteiger partial charge >= 0.3 is 12.1 Å². The first-order valence-electron chi connectivity index (χ1n) is 10.7. The van der Waals surface area contributed by atoms with Crippen molar-refractivity contribution in [2.24, 2.45) is 0 Å². The van der Waals surface area contributed by atoms with Gasteiger partial charge in [0.05, 0.1) is 18.6 Å². The molecule has 1 fully saturated rings. The fourth-order valence-corrected chi connectivity index (χ4v) is 4.44. The van der Waals surface area contributed by atoms with E-state index in [1.807, 2.05) is 48.5 Å². The molecule has 0 saturated heterocycles. The van der Waals surface area contributed by atoms with Crippen molar-refractivity contribution in [3.8, 4) is 11.1 Å². The lowest BCUT2D eigenvalue weighted by Crippen LogP contribution is -2.60. The number of aliphatic carboxylic acids is 1. The molecule has 32 heavy (non-hydrogen) atoms. The molecule has 2 aliphatic carbocycles. The predicted molar refractivity (Wildman–Crippen MR) is 116 cm³/mol. The largest absolute Gasteiger partial charge is 0.481 e. The zero-order valence-corrected chi connectivity index (χ0v) is 17.5. The van der Waals surface area contributed by atoms with Crippen LogP contribution in [0.2, 0.25) is 0 Å². The van der Waals surface area contributed by atoms with E-state index in [0.29, 0.717) is 12.8 Å². The smallest absolute Gasteiger partial charge is 0.407 e. The third-order valence-corrected chi connectivity index (χ3v) is 6.33. The van der Waals surface area contributed by atoms with Crippen molar-refractivity contribution in [1.29, 1.82) is 0 Å².